The molecule has 1 N–H and O–H groups in total. The predicted molar refractivity (Wildman–Crippen MR) is 26.6 cm³/mol. The molecule has 0 fully saturated rings. The second-order valence-electron chi connectivity index (χ2n) is 1.43. The van der Waals surface area contributed by atoms with E-state index in [9.17, 15) is 17.8 Å². The molecule has 0 saturated heterocycles. The topological polar surface area (TPSA) is 94.5 Å². The van der Waals surface area contributed by atoms with E-state index in [0.717, 1.165) is 0 Å². The lowest BCUT2D eigenvalue weighted by molar-refractivity contribution is -0.113. The first-order chi connectivity index (χ1) is 3.95. The lowest BCUT2D eigenvalue weighted by Crippen LogP contribution is -2.21. The minimum atomic E-state index is -4.47. The predicted octanol–water partition coefficient (Wildman–Crippen LogP) is -1.91. The molecule has 0 aliphatic rings. The Labute approximate surface area is 52.1 Å². The summed E-state index contributed by atoms with van der Waals surface area (Å²) in [5.74, 6) is -1.05. The highest BCUT2D eigenvalue weighted by Crippen LogP contribution is 1.84. The first kappa shape index (κ1) is 8.54. The van der Waals surface area contributed by atoms with E-state index in [-0.39, 0.29) is 6.29 Å². The molecule has 9 heavy (non-hydrogen) atoms. The van der Waals surface area contributed by atoms with Crippen molar-refractivity contribution in [3.63, 3.8) is 0 Å². The van der Waals surface area contributed by atoms with Crippen LogP contribution in [0.2, 0.25) is 0 Å². The fourth-order valence-electron chi connectivity index (χ4n) is 0.248. The molecular formula is C3H5O5S-. The van der Waals surface area contributed by atoms with Gasteiger partial charge in [-0.25, -0.2) is 8.42 Å². The normalized spacial score (nSPS) is 14.9. The number of carbonyl (C=O) groups is 1. The van der Waals surface area contributed by atoms with E-state index in [0.29, 0.717) is 0 Å². The number of hydrogen-bond acceptors (Lipinski definition) is 5. The van der Waals surface area contributed by atoms with Crippen molar-refractivity contribution in [3.8, 4) is 0 Å². The Morgan fingerprint density at radius 3 is 2.22 bits per heavy atom. The van der Waals surface area contributed by atoms with Gasteiger partial charge in [-0.1, -0.05) is 0 Å². The summed E-state index contributed by atoms with van der Waals surface area (Å²) in [4.78, 5) is 9.53. The van der Waals surface area contributed by atoms with Crippen LogP contribution >= 0.6 is 0 Å². The molecule has 0 amide bonds. The SMILES string of the molecule is O=C[C@H](O)CS(=O)(=O)[O-]. The summed E-state index contributed by atoms with van der Waals surface area (Å²) in [6.07, 6.45) is -1.69. The van der Waals surface area contributed by atoms with Crippen molar-refractivity contribution in [2.45, 2.75) is 6.10 Å². The third-order valence-corrected chi connectivity index (χ3v) is 1.28. The maximum atomic E-state index is 9.73. The minimum Gasteiger partial charge on any atom is -0.748 e. The van der Waals surface area contributed by atoms with Gasteiger partial charge in [-0.05, 0) is 0 Å². The van der Waals surface area contributed by atoms with E-state index in [1.807, 2.05) is 0 Å². The van der Waals surface area contributed by atoms with Gasteiger partial charge in [0.05, 0.1) is 15.9 Å². The zero-order valence-corrected chi connectivity index (χ0v) is 5.17. The van der Waals surface area contributed by atoms with Crippen LogP contribution in [0.3, 0.4) is 0 Å². The number of aliphatic hydroxyl groups excluding tert-OH is 1. The van der Waals surface area contributed by atoms with Crippen molar-refractivity contribution < 1.29 is 22.9 Å². The van der Waals surface area contributed by atoms with Crippen LogP contribution in [-0.4, -0.2) is 36.2 Å². The van der Waals surface area contributed by atoms with Crippen LogP contribution in [-0.2, 0) is 14.9 Å². The number of aldehydes is 1. The maximum Gasteiger partial charge on any atom is 0.149 e. The molecule has 6 heteroatoms. The van der Waals surface area contributed by atoms with Gasteiger partial charge in [-0.3, -0.25) is 0 Å². The fraction of sp³-hybridized carbons (Fsp3) is 0.667. The summed E-state index contributed by atoms with van der Waals surface area (Å²) in [6, 6.07) is 0. The second-order valence-corrected chi connectivity index (χ2v) is 2.88. The van der Waals surface area contributed by atoms with E-state index in [1.54, 1.807) is 0 Å². The first-order valence-electron chi connectivity index (χ1n) is 2.02. The summed E-state index contributed by atoms with van der Waals surface area (Å²) in [5, 5.41) is 8.25. The molecule has 0 aromatic carbocycles. The molecule has 0 aliphatic carbocycles. The Morgan fingerprint density at radius 1 is 1.67 bits per heavy atom. The Kier molecular flexibility index (Phi) is 2.75. The minimum absolute atomic E-state index is 0.00451. The Bertz CT molecular complexity index is 180. The molecule has 5 nitrogen and oxygen atoms in total. The van der Waals surface area contributed by atoms with Gasteiger partial charge in [0.2, 0.25) is 0 Å². The van der Waals surface area contributed by atoms with Gasteiger partial charge in [0.25, 0.3) is 0 Å². The van der Waals surface area contributed by atoms with Crippen molar-refractivity contribution in [1.29, 1.82) is 0 Å². The largest absolute Gasteiger partial charge is 0.748 e. The van der Waals surface area contributed by atoms with Crippen molar-refractivity contribution >= 4 is 16.4 Å². The van der Waals surface area contributed by atoms with Crippen molar-refractivity contribution in [1.82, 2.24) is 0 Å². The smallest absolute Gasteiger partial charge is 0.149 e. The molecular weight excluding hydrogens is 148 g/mol. The average Bonchev–Trinajstić information content (AvgIpc) is 1.62. The van der Waals surface area contributed by atoms with Gasteiger partial charge >= 0.3 is 0 Å². The quantitative estimate of drug-likeness (QED) is 0.377. The lowest BCUT2D eigenvalue weighted by Gasteiger charge is -2.06. The van der Waals surface area contributed by atoms with Gasteiger partial charge in [0, 0.05) is 0 Å². The second kappa shape index (κ2) is 2.90. The first-order valence-corrected chi connectivity index (χ1v) is 3.60. The number of carbonyl (C=O) groups excluding carboxylic acids is 1. The highest BCUT2D eigenvalue weighted by molar-refractivity contribution is 7.85. The van der Waals surface area contributed by atoms with Gasteiger partial charge in [-0.2, -0.15) is 0 Å². The van der Waals surface area contributed by atoms with Crippen molar-refractivity contribution in [2.75, 3.05) is 5.75 Å². The summed E-state index contributed by atoms with van der Waals surface area (Å²) in [7, 11) is -4.47. The van der Waals surface area contributed by atoms with Crippen LogP contribution in [0.1, 0.15) is 0 Å². The Morgan fingerprint density at radius 2 is 2.11 bits per heavy atom. The van der Waals surface area contributed by atoms with Gasteiger partial charge < -0.3 is 14.5 Å². The third-order valence-electron chi connectivity index (χ3n) is 0.532. The highest BCUT2D eigenvalue weighted by Gasteiger charge is 2.04. The van der Waals surface area contributed by atoms with E-state index in [2.05, 4.69) is 0 Å². The van der Waals surface area contributed by atoms with Crippen LogP contribution in [0.15, 0.2) is 0 Å². The highest BCUT2D eigenvalue weighted by atomic mass is 32.2. The summed E-state index contributed by atoms with van der Waals surface area (Å²) in [6.45, 7) is 0. The molecule has 0 heterocycles. The zero-order chi connectivity index (χ0) is 7.49. The van der Waals surface area contributed by atoms with E-state index in [4.69, 9.17) is 5.11 Å². The molecule has 1 atom stereocenters. The van der Waals surface area contributed by atoms with Crippen molar-refractivity contribution in [3.05, 3.63) is 0 Å². The zero-order valence-electron chi connectivity index (χ0n) is 4.35. The van der Waals surface area contributed by atoms with Crippen LogP contribution in [0.5, 0.6) is 0 Å². The van der Waals surface area contributed by atoms with E-state index < -0.39 is 22.0 Å². The molecule has 0 saturated carbocycles. The molecule has 0 aromatic heterocycles. The fourth-order valence-corrected chi connectivity index (χ4v) is 0.745. The monoisotopic (exact) mass is 153 g/mol. The van der Waals surface area contributed by atoms with Crippen LogP contribution in [0.4, 0.5) is 0 Å². The van der Waals surface area contributed by atoms with Crippen molar-refractivity contribution in [2.24, 2.45) is 0 Å². The Hall–Kier alpha value is -0.460. The molecule has 0 bridgehead atoms. The van der Waals surface area contributed by atoms with E-state index in [1.165, 1.54) is 0 Å². The molecule has 0 aliphatic heterocycles. The maximum absolute atomic E-state index is 9.73. The third kappa shape index (κ3) is 5.41. The standard InChI is InChI=1S/C3H6O5S/c4-1-3(5)2-9(6,7)8/h1,3,5H,2H2,(H,6,7,8)/p-1/t3-/m0/s1. The Balaban J connectivity index is 3.89. The molecule has 0 aromatic rings. The van der Waals surface area contributed by atoms with Crippen LogP contribution < -0.4 is 0 Å². The van der Waals surface area contributed by atoms with Gasteiger partial charge in [0.1, 0.15) is 12.4 Å². The number of rotatable bonds is 3. The summed E-state index contributed by atoms with van der Waals surface area (Å²) in [5.41, 5.74) is 0. The molecule has 54 valence electrons. The molecule has 0 radical (unpaired) electrons. The lowest BCUT2D eigenvalue weighted by atomic mass is 10.5. The number of aliphatic hydroxyl groups is 1. The average molecular weight is 153 g/mol. The van der Waals surface area contributed by atoms with Gasteiger partial charge in [-0.15, -0.1) is 0 Å². The number of hydrogen-bond donors (Lipinski definition) is 1. The van der Waals surface area contributed by atoms with Gasteiger partial charge in [0.15, 0.2) is 0 Å². The summed E-state index contributed by atoms with van der Waals surface area (Å²) >= 11 is 0. The molecule has 0 spiro atoms. The van der Waals surface area contributed by atoms with Crippen LogP contribution in [0, 0.1) is 0 Å². The summed E-state index contributed by atoms with van der Waals surface area (Å²) < 4.78 is 29.2. The van der Waals surface area contributed by atoms with E-state index >= 15 is 0 Å². The molecule has 0 unspecified atom stereocenters. The molecule has 0 rings (SSSR count). The van der Waals surface area contributed by atoms with Crippen LogP contribution in [0.25, 0.3) is 0 Å².